The van der Waals surface area contributed by atoms with Gasteiger partial charge in [0.2, 0.25) is 5.91 Å². The molecule has 2 aromatic heterocycles. The number of primary amides is 1. The van der Waals surface area contributed by atoms with Crippen molar-refractivity contribution in [1.29, 1.82) is 0 Å². The van der Waals surface area contributed by atoms with E-state index in [2.05, 4.69) is 14.8 Å². The Morgan fingerprint density at radius 3 is 2.44 bits per heavy atom. The van der Waals surface area contributed by atoms with Crippen molar-refractivity contribution in [2.45, 2.75) is 63.1 Å². The number of carbonyl (C=O) groups is 2. The Morgan fingerprint density at radius 2 is 1.73 bits per heavy atom. The van der Waals surface area contributed by atoms with Gasteiger partial charge in [-0.2, -0.15) is 0 Å². The zero-order chi connectivity index (χ0) is 38.8. The number of nitrogens with one attached hydrogen (secondary N) is 1. The average molecular weight is 770 g/mol. The van der Waals surface area contributed by atoms with E-state index in [0.29, 0.717) is 18.8 Å². The van der Waals surface area contributed by atoms with E-state index in [1.54, 1.807) is 42.5 Å². The second-order valence-electron chi connectivity index (χ2n) is 13.9. The van der Waals surface area contributed by atoms with Gasteiger partial charge in [0, 0.05) is 62.2 Å². The SMILES string of the molecule is CC(=O)OCCN(CCO)c1ccc(-c2nc3cc(C(CC(N)=O)NCc4cccn4S(=O)(=O)c4ccccc4)ccc3n2CCCN2CCCCC2)cc1. The van der Waals surface area contributed by atoms with Gasteiger partial charge in [-0.25, -0.2) is 17.4 Å². The van der Waals surface area contributed by atoms with Crippen LogP contribution in [0.5, 0.6) is 0 Å². The molecule has 0 radical (unpaired) electrons. The van der Waals surface area contributed by atoms with Crippen LogP contribution in [0.3, 0.4) is 0 Å². The van der Waals surface area contributed by atoms with Gasteiger partial charge in [0.05, 0.1) is 29.1 Å². The predicted octanol–water partition coefficient (Wildman–Crippen LogP) is 4.69. The topological polar surface area (TPSA) is 165 Å². The number of carbonyl (C=O) groups excluding carboxylic acids is 2. The summed E-state index contributed by atoms with van der Waals surface area (Å²) in [6.07, 6.45) is 6.24. The van der Waals surface area contributed by atoms with Gasteiger partial charge in [0.1, 0.15) is 12.4 Å². The fraction of sp³-hybridized carbons (Fsp3) is 0.390. The van der Waals surface area contributed by atoms with E-state index >= 15 is 0 Å². The number of aliphatic hydroxyl groups excluding tert-OH is 1. The number of imidazole rings is 1. The Hall–Kier alpha value is -5.02. The number of amides is 1. The number of hydrogen-bond donors (Lipinski definition) is 3. The molecule has 0 aliphatic carbocycles. The van der Waals surface area contributed by atoms with Gasteiger partial charge in [-0.1, -0.05) is 30.7 Å². The van der Waals surface area contributed by atoms with Crippen molar-refractivity contribution in [3.63, 3.8) is 0 Å². The first-order valence-corrected chi connectivity index (χ1v) is 20.4. The van der Waals surface area contributed by atoms with Gasteiger partial charge in [0.15, 0.2) is 0 Å². The average Bonchev–Trinajstić information content (AvgIpc) is 3.82. The number of anilines is 1. The molecule has 55 heavy (non-hydrogen) atoms. The molecule has 5 aromatic rings. The normalized spacial score (nSPS) is 14.2. The van der Waals surface area contributed by atoms with E-state index < -0.39 is 22.0 Å². The second kappa shape index (κ2) is 18.5. The lowest BCUT2D eigenvalue weighted by atomic mass is 10.0. The number of piperidine rings is 1. The number of rotatable bonds is 19. The van der Waals surface area contributed by atoms with Crippen LogP contribution in [0.15, 0.2) is 96.0 Å². The summed E-state index contributed by atoms with van der Waals surface area (Å²) in [7, 11) is -3.81. The first-order valence-electron chi connectivity index (χ1n) is 18.9. The number of nitrogens with zero attached hydrogens (tertiary/aromatic N) is 5. The predicted molar refractivity (Wildman–Crippen MR) is 213 cm³/mol. The number of aliphatic hydroxyl groups is 1. The number of hydrogen-bond acceptors (Lipinski definition) is 10. The number of ether oxygens (including phenoxy) is 1. The molecule has 0 saturated carbocycles. The zero-order valence-electron chi connectivity index (χ0n) is 31.3. The summed E-state index contributed by atoms with van der Waals surface area (Å²) in [4.78, 5) is 33.5. The monoisotopic (exact) mass is 769 g/mol. The molecule has 1 aliphatic heterocycles. The van der Waals surface area contributed by atoms with Crippen molar-refractivity contribution in [3.05, 3.63) is 102 Å². The van der Waals surface area contributed by atoms with Crippen LogP contribution < -0.4 is 16.0 Å². The van der Waals surface area contributed by atoms with Crippen LogP contribution in [0, 0.1) is 0 Å². The standard InChI is InChI=1S/C41H51N7O6S/c1-31(50)54-27-25-46(24-26-49)34-16-13-32(14-17-34)41-44-38-28-33(15-18-39(38)47(41)22-9-21-45-19-6-3-7-20-45)37(29-40(42)51)43-30-35-10-8-23-48(35)55(52,53)36-11-4-2-5-12-36/h2,4-5,8,10-18,23,28,37,43,49H,3,6-7,9,19-22,24-27,29-30H2,1H3,(H2,42,51). The number of likely N-dealkylation sites (tertiary alicyclic amines) is 1. The van der Waals surface area contributed by atoms with E-state index in [1.165, 1.54) is 36.4 Å². The number of fused-ring (bicyclic) bond motifs is 1. The van der Waals surface area contributed by atoms with Crippen LogP contribution in [0.2, 0.25) is 0 Å². The van der Waals surface area contributed by atoms with Crippen LogP contribution in [-0.4, -0.2) is 89.8 Å². The van der Waals surface area contributed by atoms with Crippen molar-refractivity contribution in [1.82, 2.24) is 23.7 Å². The molecule has 292 valence electrons. The molecular weight excluding hydrogens is 719 g/mol. The highest BCUT2D eigenvalue weighted by molar-refractivity contribution is 7.90. The summed E-state index contributed by atoms with van der Waals surface area (Å²) < 4.78 is 35.5. The van der Waals surface area contributed by atoms with Gasteiger partial charge in [-0.3, -0.25) is 9.59 Å². The van der Waals surface area contributed by atoms with Crippen molar-refractivity contribution >= 4 is 38.6 Å². The minimum Gasteiger partial charge on any atom is -0.464 e. The molecule has 1 unspecified atom stereocenters. The van der Waals surface area contributed by atoms with E-state index in [1.807, 2.05) is 47.4 Å². The highest BCUT2D eigenvalue weighted by Gasteiger charge is 2.22. The van der Waals surface area contributed by atoms with Gasteiger partial charge >= 0.3 is 5.97 Å². The molecule has 6 rings (SSSR count). The zero-order valence-corrected chi connectivity index (χ0v) is 32.2. The minimum atomic E-state index is -3.81. The lowest BCUT2D eigenvalue weighted by Gasteiger charge is -2.26. The number of esters is 1. The lowest BCUT2D eigenvalue weighted by Crippen LogP contribution is -2.31. The van der Waals surface area contributed by atoms with E-state index in [9.17, 15) is 23.1 Å². The molecule has 0 bridgehead atoms. The molecule has 1 atom stereocenters. The summed E-state index contributed by atoms with van der Waals surface area (Å²) in [6, 6.07) is 25.2. The Balaban J connectivity index is 1.28. The number of aryl methyl sites for hydroxylation is 1. The van der Waals surface area contributed by atoms with E-state index in [0.717, 1.165) is 66.3 Å². The van der Waals surface area contributed by atoms with Crippen LogP contribution in [0.1, 0.15) is 56.3 Å². The molecular formula is C41H51N7O6S. The number of benzene rings is 3. The molecule has 1 fully saturated rings. The Morgan fingerprint density at radius 1 is 0.964 bits per heavy atom. The molecule has 3 aromatic carbocycles. The maximum Gasteiger partial charge on any atom is 0.302 e. The first kappa shape index (κ1) is 39.7. The summed E-state index contributed by atoms with van der Waals surface area (Å²) >= 11 is 0. The smallest absolute Gasteiger partial charge is 0.302 e. The van der Waals surface area contributed by atoms with Crippen molar-refractivity contribution < 1.29 is 27.9 Å². The second-order valence-corrected chi connectivity index (χ2v) is 15.7. The Labute approximate surface area is 322 Å². The van der Waals surface area contributed by atoms with Gasteiger partial charge < -0.3 is 35.3 Å². The van der Waals surface area contributed by atoms with Gasteiger partial charge in [-0.05, 0) is 105 Å². The number of aromatic nitrogens is 3. The minimum absolute atomic E-state index is 0.00428. The van der Waals surface area contributed by atoms with Crippen LogP contribution in [0.25, 0.3) is 22.4 Å². The maximum atomic E-state index is 13.4. The van der Waals surface area contributed by atoms with Gasteiger partial charge in [-0.15, -0.1) is 0 Å². The van der Waals surface area contributed by atoms with Crippen molar-refractivity contribution in [3.8, 4) is 11.4 Å². The largest absolute Gasteiger partial charge is 0.464 e. The first-order chi connectivity index (χ1) is 26.6. The maximum absolute atomic E-state index is 13.4. The Kier molecular flexibility index (Phi) is 13.4. The van der Waals surface area contributed by atoms with Crippen LogP contribution >= 0.6 is 0 Å². The summed E-state index contributed by atoms with van der Waals surface area (Å²) in [5.41, 5.74) is 10.6. The van der Waals surface area contributed by atoms with Crippen molar-refractivity contribution in [2.24, 2.45) is 5.73 Å². The van der Waals surface area contributed by atoms with Gasteiger partial charge in [0.25, 0.3) is 10.0 Å². The Bertz CT molecular complexity index is 2140. The fourth-order valence-corrected chi connectivity index (χ4v) is 8.67. The molecule has 1 amide bonds. The quantitative estimate of drug-likeness (QED) is 0.100. The highest BCUT2D eigenvalue weighted by Crippen LogP contribution is 2.30. The fourth-order valence-electron chi connectivity index (χ4n) is 7.27. The molecule has 4 N–H and O–H groups in total. The summed E-state index contributed by atoms with van der Waals surface area (Å²) in [5, 5.41) is 13.1. The third-order valence-electron chi connectivity index (χ3n) is 10.0. The third-order valence-corrected chi connectivity index (χ3v) is 11.8. The molecule has 3 heterocycles. The lowest BCUT2D eigenvalue weighted by molar-refractivity contribution is -0.140. The van der Waals surface area contributed by atoms with Crippen molar-refractivity contribution in [2.75, 3.05) is 50.8 Å². The highest BCUT2D eigenvalue weighted by atomic mass is 32.2. The third kappa shape index (κ3) is 10.00. The van der Waals surface area contributed by atoms with E-state index in [-0.39, 0.29) is 37.0 Å². The van der Waals surface area contributed by atoms with Crippen LogP contribution in [0.4, 0.5) is 5.69 Å². The molecule has 14 heteroatoms. The number of nitrogens with two attached hydrogens (primary N) is 1. The molecule has 0 spiro atoms. The summed E-state index contributed by atoms with van der Waals surface area (Å²) in [6.45, 7) is 6.59. The summed E-state index contributed by atoms with van der Waals surface area (Å²) in [5.74, 6) is -0.0193. The molecule has 1 saturated heterocycles. The molecule has 13 nitrogen and oxygen atoms in total. The van der Waals surface area contributed by atoms with E-state index in [4.69, 9.17) is 15.5 Å². The molecule has 1 aliphatic rings. The van der Waals surface area contributed by atoms with Crippen LogP contribution in [-0.2, 0) is 37.4 Å².